The molecule has 0 amide bonds. The monoisotopic (exact) mass is 207 g/mol. The zero-order chi connectivity index (χ0) is 10.9. The van der Waals surface area contributed by atoms with Crippen LogP contribution in [-0.4, -0.2) is 16.3 Å². The molecule has 1 N–H and O–H groups in total. The van der Waals surface area contributed by atoms with Gasteiger partial charge in [-0.1, -0.05) is 32.8 Å². The van der Waals surface area contributed by atoms with Crippen LogP contribution in [0.3, 0.4) is 0 Å². The summed E-state index contributed by atoms with van der Waals surface area (Å²) in [6.45, 7) is 7.89. The maximum Gasteiger partial charge on any atom is 0.0538 e. The van der Waals surface area contributed by atoms with Crippen molar-refractivity contribution in [1.82, 2.24) is 15.1 Å². The molecule has 1 heterocycles. The lowest BCUT2D eigenvalue weighted by Crippen LogP contribution is -2.14. The number of nitrogens with zero attached hydrogens (tertiary/aromatic N) is 2. The van der Waals surface area contributed by atoms with Crippen LogP contribution in [0.25, 0.3) is 6.20 Å². The molecule has 0 radical (unpaired) electrons. The summed E-state index contributed by atoms with van der Waals surface area (Å²) in [6.07, 6.45) is 10.8. The van der Waals surface area contributed by atoms with Gasteiger partial charge in [0.1, 0.15) is 0 Å². The molecule has 0 saturated carbocycles. The Labute approximate surface area is 92.2 Å². The first kappa shape index (κ1) is 12.0. The third-order valence-corrected chi connectivity index (χ3v) is 2.38. The molecule has 1 rings (SSSR count). The lowest BCUT2D eigenvalue weighted by molar-refractivity contribution is 0.598. The largest absolute Gasteiger partial charge is 0.313 e. The Morgan fingerprint density at radius 2 is 2.33 bits per heavy atom. The summed E-state index contributed by atoms with van der Waals surface area (Å²) in [4.78, 5) is 0. The summed E-state index contributed by atoms with van der Waals surface area (Å²) in [7, 11) is 0. The molecule has 0 aliphatic carbocycles. The van der Waals surface area contributed by atoms with E-state index in [-0.39, 0.29) is 0 Å². The Hall–Kier alpha value is -1.09. The minimum Gasteiger partial charge on any atom is -0.313 e. The third-order valence-electron chi connectivity index (χ3n) is 2.38. The Balaban J connectivity index is 2.07. The van der Waals surface area contributed by atoms with E-state index in [1.54, 1.807) is 10.9 Å². The minimum absolute atomic E-state index is 0.903. The standard InChI is InChI=1S/C12H21N3/c1-3-5-6-7-8-13-9-12-10-14-15(4-2)11-12/h4,10-11,13H,2-3,5-9H2,1H3. The minimum atomic E-state index is 0.903. The van der Waals surface area contributed by atoms with E-state index in [4.69, 9.17) is 0 Å². The van der Waals surface area contributed by atoms with Crippen molar-refractivity contribution >= 4 is 6.20 Å². The molecule has 15 heavy (non-hydrogen) atoms. The predicted molar refractivity (Wildman–Crippen MR) is 64.5 cm³/mol. The van der Waals surface area contributed by atoms with Gasteiger partial charge in [-0.15, -0.1) is 0 Å². The van der Waals surface area contributed by atoms with Crippen molar-refractivity contribution in [2.24, 2.45) is 0 Å². The molecule has 84 valence electrons. The van der Waals surface area contributed by atoms with Crippen molar-refractivity contribution in [3.63, 3.8) is 0 Å². The molecular formula is C12H21N3. The highest BCUT2D eigenvalue weighted by Crippen LogP contribution is 1.99. The fourth-order valence-corrected chi connectivity index (χ4v) is 1.48. The smallest absolute Gasteiger partial charge is 0.0538 e. The summed E-state index contributed by atoms with van der Waals surface area (Å²) < 4.78 is 1.73. The number of rotatable bonds is 8. The van der Waals surface area contributed by atoms with E-state index in [0.29, 0.717) is 0 Å². The van der Waals surface area contributed by atoms with E-state index < -0.39 is 0 Å². The summed E-state index contributed by atoms with van der Waals surface area (Å²) in [5.74, 6) is 0. The second kappa shape index (κ2) is 7.23. The Bertz CT molecular complexity index is 278. The van der Waals surface area contributed by atoms with Crippen molar-refractivity contribution < 1.29 is 0 Å². The quantitative estimate of drug-likeness (QED) is 0.664. The summed E-state index contributed by atoms with van der Waals surface area (Å²) in [5.41, 5.74) is 1.21. The normalized spacial score (nSPS) is 10.5. The molecule has 0 aromatic carbocycles. The van der Waals surface area contributed by atoms with Gasteiger partial charge in [0.05, 0.1) is 6.20 Å². The van der Waals surface area contributed by atoms with Crippen molar-refractivity contribution in [3.8, 4) is 0 Å². The van der Waals surface area contributed by atoms with Gasteiger partial charge in [0, 0.05) is 24.5 Å². The first-order chi connectivity index (χ1) is 7.36. The van der Waals surface area contributed by atoms with Crippen molar-refractivity contribution in [2.75, 3.05) is 6.54 Å². The fourth-order valence-electron chi connectivity index (χ4n) is 1.48. The highest BCUT2D eigenvalue weighted by atomic mass is 15.2. The second-order valence-corrected chi connectivity index (χ2v) is 3.75. The van der Waals surface area contributed by atoms with Crippen LogP contribution in [0.15, 0.2) is 19.0 Å². The van der Waals surface area contributed by atoms with Gasteiger partial charge in [0.15, 0.2) is 0 Å². The fraction of sp³-hybridized carbons (Fsp3) is 0.583. The summed E-state index contributed by atoms with van der Waals surface area (Å²) in [6, 6.07) is 0. The van der Waals surface area contributed by atoms with E-state index in [9.17, 15) is 0 Å². The van der Waals surface area contributed by atoms with E-state index in [2.05, 4.69) is 23.9 Å². The van der Waals surface area contributed by atoms with Crippen LogP contribution in [0, 0.1) is 0 Å². The number of unbranched alkanes of at least 4 members (excludes halogenated alkanes) is 3. The molecule has 0 atom stereocenters. The highest BCUT2D eigenvalue weighted by Gasteiger charge is 1.95. The van der Waals surface area contributed by atoms with E-state index in [1.807, 2.05) is 12.4 Å². The van der Waals surface area contributed by atoms with Gasteiger partial charge >= 0.3 is 0 Å². The Morgan fingerprint density at radius 3 is 3.00 bits per heavy atom. The van der Waals surface area contributed by atoms with Gasteiger partial charge in [0.2, 0.25) is 0 Å². The van der Waals surface area contributed by atoms with Gasteiger partial charge in [-0.2, -0.15) is 5.10 Å². The van der Waals surface area contributed by atoms with Crippen molar-refractivity contribution in [1.29, 1.82) is 0 Å². The number of hydrogen-bond acceptors (Lipinski definition) is 2. The molecule has 0 aliphatic rings. The van der Waals surface area contributed by atoms with Crippen LogP contribution in [0.4, 0.5) is 0 Å². The zero-order valence-electron chi connectivity index (χ0n) is 9.58. The molecule has 0 unspecified atom stereocenters. The second-order valence-electron chi connectivity index (χ2n) is 3.75. The molecule has 1 aromatic rings. The number of aromatic nitrogens is 2. The van der Waals surface area contributed by atoms with Crippen molar-refractivity contribution in [3.05, 3.63) is 24.5 Å². The van der Waals surface area contributed by atoms with E-state index in [1.165, 1.54) is 31.2 Å². The average Bonchev–Trinajstić information content (AvgIpc) is 2.71. The van der Waals surface area contributed by atoms with Gasteiger partial charge in [-0.05, 0) is 13.0 Å². The molecule has 3 nitrogen and oxygen atoms in total. The van der Waals surface area contributed by atoms with Crippen LogP contribution in [0.2, 0.25) is 0 Å². The Morgan fingerprint density at radius 1 is 1.47 bits per heavy atom. The van der Waals surface area contributed by atoms with Gasteiger partial charge < -0.3 is 5.32 Å². The van der Waals surface area contributed by atoms with Crippen LogP contribution in [0.1, 0.15) is 38.2 Å². The SMILES string of the molecule is C=Cn1cc(CNCCCCCC)cn1. The van der Waals surface area contributed by atoms with Crippen LogP contribution < -0.4 is 5.32 Å². The van der Waals surface area contributed by atoms with E-state index >= 15 is 0 Å². The maximum atomic E-state index is 4.12. The van der Waals surface area contributed by atoms with Gasteiger partial charge in [-0.3, -0.25) is 0 Å². The zero-order valence-corrected chi connectivity index (χ0v) is 9.58. The van der Waals surface area contributed by atoms with Crippen molar-refractivity contribution in [2.45, 2.75) is 39.2 Å². The summed E-state index contributed by atoms with van der Waals surface area (Å²) in [5, 5.41) is 7.53. The predicted octanol–water partition coefficient (Wildman–Crippen LogP) is 2.65. The molecule has 0 fully saturated rings. The first-order valence-electron chi connectivity index (χ1n) is 5.73. The molecule has 3 heteroatoms. The number of nitrogens with one attached hydrogen (secondary N) is 1. The molecule has 0 saturated heterocycles. The Kier molecular flexibility index (Phi) is 5.78. The maximum absolute atomic E-state index is 4.12. The average molecular weight is 207 g/mol. The lowest BCUT2D eigenvalue weighted by atomic mass is 10.2. The molecular weight excluding hydrogens is 186 g/mol. The van der Waals surface area contributed by atoms with Crippen LogP contribution >= 0.6 is 0 Å². The number of hydrogen-bond donors (Lipinski definition) is 1. The highest BCUT2D eigenvalue weighted by molar-refractivity contribution is 5.17. The van der Waals surface area contributed by atoms with Gasteiger partial charge in [0.25, 0.3) is 0 Å². The lowest BCUT2D eigenvalue weighted by Gasteiger charge is -2.01. The molecule has 0 spiro atoms. The molecule has 0 aliphatic heterocycles. The molecule has 1 aromatic heterocycles. The summed E-state index contributed by atoms with van der Waals surface area (Å²) >= 11 is 0. The van der Waals surface area contributed by atoms with Gasteiger partial charge in [-0.25, -0.2) is 4.68 Å². The third kappa shape index (κ3) is 4.79. The topological polar surface area (TPSA) is 29.9 Å². The van der Waals surface area contributed by atoms with Crippen LogP contribution in [-0.2, 0) is 6.54 Å². The van der Waals surface area contributed by atoms with E-state index in [0.717, 1.165) is 13.1 Å². The first-order valence-corrected chi connectivity index (χ1v) is 5.73. The molecule has 0 bridgehead atoms. The van der Waals surface area contributed by atoms with Crippen LogP contribution in [0.5, 0.6) is 0 Å².